The van der Waals surface area contributed by atoms with Gasteiger partial charge in [0.25, 0.3) is 5.91 Å². The van der Waals surface area contributed by atoms with Gasteiger partial charge in [-0.1, -0.05) is 24.0 Å². The molecule has 2 aromatic rings. The number of nitrogens with one attached hydrogen (secondary N) is 1. The summed E-state index contributed by atoms with van der Waals surface area (Å²) < 4.78 is 0. The molecular weight excluding hydrogens is 258 g/mol. The highest BCUT2D eigenvalue weighted by molar-refractivity contribution is 7.12. The predicted molar refractivity (Wildman–Crippen MR) is 77.4 cm³/mol. The third-order valence-corrected chi connectivity index (χ3v) is 3.56. The second-order valence-electron chi connectivity index (χ2n) is 3.89. The number of carbonyl (C=O) groups excluding carboxylic acids is 1. The van der Waals surface area contributed by atoms with E-state index in [4.69, 9.17) is 5.11 Å². The van der Waals surface area contributed by atoms with E-state index in [1.54, 1.807) is 12.1 Å². The molecular formula is C15H13NO2S. The highest BCUT2D eigenvalue weighted by Gasteiger charge is 2.11. The average Bonchev–Trinajstić information content (AvgIpc) is 2.84. The maximum atomic E-state index is 12.1. The number of amides is 1. The number of carbonyl (C=O) groups is 1. The Balaban J connectivity index is 2.24. The van der Waals surface area contributed by atoms with Gasteiger partial charge in [0.2, 0.25) is 0 Å². The summed E-state index contributed by atoms with van der Waals surface area (Å²) in [4.78, 5) is 12.8. The Kier molecular flexibility index (Phi) is 4.35. The summed E-state index contributed by atoms with van der Waals surface area (Å²) in [5, 5.41) is 13.5. The molecule has 2 rings (SSSR count). The van der Waals surface area contributed by atoms with E-state index in [1.807, 2.05) is 30.5 Å². The van der Waals surface area contributed by atoms with Crippen LogP contribution in [0.2, 0.25) is 0 Å². The van der Waals surface area contributed by atoms with Crippen LogP contribution in [-0.2, 0) is 0 Å². The van der Waals surface area contributed by atoms with E-state index in [9.17, 15) is 4.79 Å². The first-order valence-electron chi connectivity index (χ1n) is 5.76. The van der Waals surface area contributed by atoms with Crippen molar-refractivity contribution in [3.8, 4) is 11.8 Å². The molecule has 0 radical (unpaired) electrons. The van der Waals surface area contributed by atoms with E-state index in [0.717, 1.165) is 5.56 Å². The lowest BCUT2D eigenvalue weighted by molar-refractivity contribution is 0.103. The normalized spacial score (nSPS) is 9.58. The second-order valence-corrected chi connectivity index (χ2v) is 4.81. The Morgan fingerprint density at radius 2 is 2.16 bits per heavy atom. The minimum atomic E-state index is -0.202. The zero-order valence-electron chi connectivity index (χ0n) is 10.4. The van der Waals surface area contributed by atoms with Crippen LogP contribution >= 0.6 is 11.3 Å². The fraction of sp³-hybridized carbons (Fsp3) is 0.133. The van der Waals surface area contributed by atoms with Crippen LogP contribution in [0.15, 0.2) is 35.7 Å². The van der Waals surface area contributed by atoms with Crippen LogP contribution in [-0.4, -0.2) is 17.6 Å². The standard InChI is InChI=1S/C15H13NO2S/c1-11-8-10-19-14(11)15(18)16-13-7-3-2-5-12(13)6-4-9-17/h2-3,5,7-8,10,17H,9H2,1H3,(H,16,18). The van der Waals surface area contributed by atoms with Crippen molar-refractivity contribution in [3.63, 3.8) is 0 Å². The summed E-state index contributed by atoms with van der Waals surface area (Å²) in [5.41, 5.74) is 2.31. The van der Waals surface area contributed by atoms with Crippen molar-refractivity contribution in [1.82, 2.24) is 0 Å². The second kappa shape index (κ2) is 6.19. The van der Waals surface area contributed by atoms with Crippen LogP contribution in [0.25, 0.3) is 0 Å². The molecule has 1 aromatic heterocycles. The summed E-state index contributed by atoms with van der Waals surface area (Å²) in [6.07, 6.45) is 0. The topological polar surface area (TPSA) is 49.3 Å². The number of aliphatic hydroxyl groups excluding tert-OH is 1. The van der Waals surface area contributed by atoms with Crippen LogP contribution in [0.4, 0.5) is 5.69 Å². The van der Waals surface area contributed by atoms with E-state index >= 15 is 0 Å². The van der Waals surface area contributed by atoms with Gasteiger partial charge in [0.05, 0.1) is 10.6 Å². The third kappa shape index (κ3) is 3.22. The first-order chi connectivity index (χ1) is 9.22. The van der Waals surface area contributed by atoms with Crippen LogP contribution in [0, 0.1) is 18.8 Å². The molecule has 0 saturated heterocycles. The molecule has 1 heterocycles. The molecule has 4 heteroatoms. The highest BCUT2D eigenvalue weighted by Crippen LogP contribution is 2.19. The maximum Gasteiger partial charge on any atom is 0.266 e. The molecule has 0 fully saturated rings. The molecule has 19 heavy (non-hydrogen) atoms. The summed E-state index contributed by atoms with van der Waals surface area (Å²) in [6, 6.07) is 9.19. The zero-order valence-corrected chi connectivity index (χ0v) is 11.3. The van der Waals surface area contributed by atoms with E-state index in [0.29, 0.717) is 16.1 Å². The third-order valence-electron chi connectivity index (χ3n) is 2.55. The molecule has 0 aliphatic rings. The molecule has 0 aliphatic heterocycles. The summed E-state index contributed by atoms with van der Waals surface area (Å²) in [7, 11) is 0. The fourth-order valence-electron chi connectivity index (χ4n) is 1.62. The molecule has 0 bridgehead atoms. The number of benzene rings is 1. The molecule has 0 aliphatic carbocycles. The molecule has 0 atom stereocenters. The average molecular weight is 271 g/mol. The molecule has 3 nitrogen and oxygen atoms in total. The van der Waals surface area contributed by atoms with Gasteiger partial charge in [-0.3, -0.25) is 4.79 Å². The zero-order chi connectivity index (χ0) is 13.7. The summed E-state index contributed by atoms with van der Waals surface area (Å²) in [6.45, 7) is 1.70. The van der Waals surface area contributed by atoms with Crippen LogP contribution < -0.4 is 5.32 Å². The molecule has 0 unspecified atom stereocenters. The minimum absolute atomic E-state index is 0.134. The molecule has 1 amide bonds. The fourth-order valence-corrected chi connectivity index (χ4v) is 2.44. The monoisotopic (exact) mass is 271 g/mol. The number of thiophene rings is 1. The van der Waals surface area contributed by atoms with Gasteiger partial charge in [-0.2, -0.15) is 0 Å². The number of aliphatic hydroxyl groups is 1. The van der Waals surface area contributed by atoms with Crippen molar-refractivity contribution in [2.24, 2.45) is 0 Å². The number of hydrogen-bond acceptors (Lipinski definition) is 3. The van der Waals surface area contributed by atoms with E-state index in [2.05, 4.69) is 17.2 Å². The van der Waals surface area contributed by atoms with Crippen molar-refractivity contribution in [1.29, 1.82) is 0 Å². The van der Waals surface area contributed by atoms with Gasteiger partial charge in [-0.25, -0.2) is 0 Å². The van der Waals surface area contributed by atoms with Crippen molar-refractivity contribution >= 4 is 22.9 Å². The lowest BCUT2D eigenvalue weighted by atomic mass is 10.1. The van der Waals surface area contributed by atoms with E-state index in [-0.39, 0.29) is 12.5 Å². The Morgan fingerprint density at radius 1 is 1.37 bits per heavy atom. The maximum absolute atomic E-state index is 12.1. The van der Waals surface area contributed by atoms with E-state index in [1.165, 1.54) is 11.3 Å². The summed E-state index contributed by atoms with van der Waals surface area (Å²) in [5.74, 6) is 5.26. The number of anilines is 1. The number of para-hydroxylation sites is 1. The lowest BCUT2D eigenvalue weighted by Gasteiger charge is -2.06. The van der Waals surface area contributed by atoms with Gasteiger partial charge in [0.1, 0.15) is 6.61 Å². The smallest absolute Gasteiger partial charge is 0.266 e. The molecule has 96 valence electrons. The number of hydrogen-bond donors (Lipinski definition) is 2. The number of aryl methyl sites for hydroxylation is 1. The number of rotatable bonds is 2. The van der Waals surface area contributed by atoms with Crippen LogP contribution in [0.1, 0.15) is 20.8 Å². The minimum Gasteiger partial charge on any atom is -0.384 e. The van der Waals surface area contributed by atoms with Crippen molar-refractivity contribution in [2.75, 3.05) is 11.9 Å². The Hall–Kier alpha value is -2.09. The van der Waals surface area contributed by atoms with Crippen LogP contribution in [0.3, 0.4) is 0 Å². The van der Waals surface area contributed by atoms with E-state index < -0.39 is 0 Å². The lowest BCUT2D eigenvalue weighted by Crippen LogP contribution is -2.12. The largest absolute Gasteiger partial charge is 0.384 e. The highest BCUT2D eigenvalue weighted by atomic mass is 32.1. The van der Waals surface area contributed by atoms with Crippen molar-refractivity contribution in [3.05, 3.63) is 51.7 Å². The van der Waals surface area contributed by atoms with Crippen LogP contribution in [0.5, 0.6) is 0 Å². The van der Waals surface area contributed by atoms with Gasteiger partial charge in [0, 0.05) is 5.56 Å². The Bertz CT molecular complexity index is 649. The molecule has 0 spiro atoms. The van der Waals surface area contributed by atoms with Gasteiger partial charge < -0.3 is 10.4 Å². The van der Waals surface area contributed by atoms with Crippen molar-refractivity contribution in [2.45, 2.75) is 6.92 Å². The van der Waals surface area contributed by atoms with Gasteiger partial charge in [-0.15, -0.1) is 11.3 Å². The Labute approximate surface area is 115 Å². The van der Waals surface area contributed by atoms with Gasteiger partial charge in [-0.05, 0) is 36.1 Å². The molecule has 1 aromatic carbocycles. The summed E-state index contributed by atoms with van der Waals surface area (Å²) >= 11 is 1.41. The van der Waals surface area contributed by atoms with Crippen molar-refractivity contribution < 1.29 is 9.90 Å². The molecule has 0 saturated carbocycles. The Morgan fingerprint density at radius 3 is 2.84 bits per heavy atom. The van der Waals surface area contributed by atoms with Gasteiger partial charge in [0.15, 0.2) is 0 Å². The first-order valence-corrected chi connectivity index (χ1v) is 6.64. The molecule has 2 N–H and O–H groups in total. The predicted octanol–water partition coefficient (Wildman–Crippen LogP) is 2.65. The SMILES string of the molecule is Cc1ccsc1C(=O)Nc1ccccc1C#CCO. The quantitative estimate of drug-likeness (QED) is 0.825. The van der Waals surface area contributed by atoms with Gasteiger partial charge >= 0.3 is 0 Å². The first kappa shape index (κ1) is 13.3.